The molecule has 1 fully saturated rings. The zero-order valence-corrected chi connectivity index (χ0v) is 11.8. The molecule has 2 atom stereocenters. The Balaban J connectivity index is 1.81. The summed E-state index contributed by atoms with van der Waals surface area (Å²) in [4.78, 5) is 2.39. The first-order chi connectivity index (χ1) is 9.28. The predicted octanol–water partition coefficient (Wildman–Crippen LogP) is 0.786. The summed E-state index contributed by atoms with van der Waals surface area (Å²) < 4.78 is 5.59. The summed E-state index contributed by atoms with van der Waals surface area (Å²) in [6.45, 7) is 4.10. The van der Waals surface area contributed by atoms with Gasteiger partial charge in [-0.25, -0.2) is 0 Å². The van der Waals surface area contributed by atoms with Gasteiger partial charge in [0.1, 0.15) is 5.75 Å². The van der Waals surface area contributed by atoms with Crippen LogP contribution >= 0.6 is 0 Å². The lowest BCUT2D eigenvalue weighted by Gasteiger charge is -2.36. The van der Waals surface area contributed by atoms with Gasteiger partial charge in [-0.3, -0.25) is 0 Å². The number of fused-ring (bicyclic) bond motifs is 1. The molecule has 2 aliphatic rings. The number of ether oxygens (including phenoxy) is 1. The van der Waals surface area contributed by atoms with Crippen molar-refractivity contribution in [3.8, 4) is 5.75 Å². The van der Waals surface area contributed by atoms with Crippen LogP contribution in [0.2, 0.25) is 0 Å². The van der Waals surface area contributed by atoms with Crippen LogP contribution in [0, 0.1) is 0 Å². The van der Waals surface area contributed by atoms with Gasteiger partial charge in [-0.15, -0.1) is 0 Å². The van der Waals surface area contributed by atoms with Gasteiger partial charge in [0, 0.05) is 38.1 Å². The largest absolute Gasteiger partial charge is 0.493 e. The highest BCUT2D eigenvalue weighted by Crippen LogP contribution is 2.29. The lowest BCUT2D eigenvalue weighted by atomic mass is 9.95. The Bertz CT molecular complexity index is 449. The monoisotopic (exact) mass is 261 g/mol. The van der Waals surface area contributed by atoms with Crippen molar-refractivity contribution in [1.82, 2.24) is 15.5 Å². The van der Waals surface area contributed by atoms with Gasteiger partial charge in [0.05, 0.1) is 6.61 Å². The summed E-state index contributed by atoms with van der Waals surface area (Å²) >= 11 is 0. The highest BCUT2D eigenvalue weighted by molar-refractivity contribution is 5.41. The van der Waals surface area contributed by atoms with Crippen molar-refractivity contribution in [3.05, 3.63) is 29.3 Å². The maximum Gasteiger partial charge on any atom is 0.122 e. The molecule has 0 saturated carbocycles. The second-order valence-electron chi connectivity index (χ2n) is 5.55. The zero-order valence-electron chi connectivity index (χ0n) is 11.8. The molecule has 0 aromatic heterocycles. The Labute approximate surface area is 115 Å². The SMILES string of the molecule is CNC(c1ccc2c(c1)CCO2)C1CN(C)CCN1. The van der Waals surface area contributed by atoms with Crippen molar-refractivity contribution in [3.63, 3.8) is 0 Å². The second kappa shape index (κ2) is 5.49. The average molecular weight is 261 g/mol. The molecular weight excluding hydrogens is 238 g/mol. The summed E-state index contributed by atoms with van der Waals surface area (Å²) in [7, 11) is 4.24. The molecule has 0 spiro atoms. The molecule has 4 heteroatoms. The number of hydrogen-bond acceptors (Lipinski definition) is 4. The van der Waals surface area contributed by atoms with Crippen molar-refractivity contribution < 1.29 is 4.74 Å². The molecule has 2 aliphatic heterocycles. The second-order valence-corrected chi connectivity index (χ2v) is 5.55. The number of nitrogens with zero attached hydrogens (tertiary/aromatic N) is 1. The minimum absolute atomic E-state index is 0.355. The van der Waals surface area contributed by atoms with Crippen molar-refractivity contribution in [2.45, 2.75) is 18.5 Å². The van der Waals surface area contributed by atoms with Crippen LogP contribution in [0.1, 0.15) is 17.2 Å². The molecule has 0 bridgehead atoms. The smallest absolute Gasteiger partial charge is 0.122 e. The van der Waals surface area contributed by atoms with E-state index in [2.05, 4.69) is 40.8 Å². The Morgan fingerprint density at radius 1 is 1.47 bits per heavy atom. The van der Waals surface area contributed by atoms with Crippen LogP contribution in [0.4, 0.5) is 0 Å². The number of benzene rings is 1. The third kappa shape index (κ3) is 2.61. The Morgan fingerprint density at radius 3 is 3.16 bits per heavy atom. The summed E-state index contributed by atoms with van der Waals surface area (Å²) in [6, 6.07) is 7.44. The first-order valence-corrected chi connectivity index (χ1v) is 7.13. The number of piperazine rings is 1. The molecule has 1 aromatic rings. The van der Waals surface area contributed by atoms with E-state index in [0.717, 1.165) is 38.4 Å². The first-order valence-electron chi connectivity index (χ1n) is 7.13. The van der Waals surface area contributed by atoms with E-state index in [1.54, 1.807) is 0 Å². The molecule has 0 aliphatic carbocycles. The maximum atomic E-state index is 5.59. The van der Waals surface area contributed by atoms with Gasteiger partial charge in [-0.1, -0.05) is 12.1 Å². The third-order valence-electron chi connectivity index (χ3n) is 4.19. The van der Waals surface area contributed by atoms with E-state index in [0.29, 0.717) is 12.1 Å². The van der Waals surface area contributed by atoms with Crippen molar-refractivity contribution >= 4 is 0 Å². The molecule has 19 heavy (non-hydrogen) atoms. The first kappa shape index (κ1) is 12.9. The van der Waals surface area contributed by atoms with Gasteiger partial charge >= 0.3 is 0 Å². The predicted molar refractivity (Wildman–Crippen MR) is 76.7 cm³/mol. The van der Waals surface area contributed by atoms with Crippen LogP contribution in [0.5, 0.6) is 5.75 Å². The van der Waals surface area contributed by atoms with Gasteiger partial charge in [0.15, 0.2) is 0 Å². The van der Waals surface area contributed by atoms with Gasteiger partial charge < -0.3 is 20.3 Å². The summed E-state index contributed by atoms with van der Waals surface area (Å²) in [5.41, 5.74) is 2.71. The van der Waals surface area contributed by atoms with E-state index < -0.39 is 0 Å². The van der Waals surface area contributed by atoms with E-state index in [1.807, 2.05) is 7.05 Å². The van der Waals surface area contributed by atoms with Crippen LogP contribution in [-0.4, -0.2) is 51.3 Å². The quantitative estimate of drug-likeness (QED) is 0.843. The van der Waals surface area contributed by atoms with Gasteiger partial charge in [-0.05, 0) is 31.3 Å². The van der Waals surface area contributed by atoms with Crippen LogP contribution < -0.4 is 15.4 Å². The molecule has 0 amide bonds. The molecule has 104 valence electrons. The minimum atomic E-state index is 0.355. The normalized spacial score (nSPS) is 24.8. The average Bonchev–Trinajstić information content (AvgIpc) is 2.87. The highest BCUT2D eigenvalue weighted by Gasteiger charge is 2.26. The van der Waals surface area contributed by atoms with E-state index in [9.17, 15) is 0 Å². The van der Waals surface area contributed by atoms with Gasteiger partial charge in [0.25, 0.3) is 0 Å². The summed E-state index contributed by atoms with van der Waals surface area (Å²) in [5.74, 6) is 1.06. The fourth-order valence-electron chi connectivity index (χ4n) is 3.16. The van der Waals surface area contributed by atoms with E-state index in [-0.39, 0.29) is 0 Å². The Kier molecular flexibility index (Phi) is 3.73. The van der Waals surface area contributed by atoms with Crippen LogP contribution in [-0.2, 0) is 6.42 Å². The molecule has 1 saturated heterocycles. The third-order valence-corrected chi connectivity index (χ3v) is 4.19. The molecule has 0 radical (unpaired) electrons. The molecule has 1 aromatic carbocycles. The number of nitrogens with one attached hydrogen (secondary N) is 2. The van der Waals surface area contributed by atoms with Crippen LogP contribution in [0.15, 0.2) is 18.2 Å². The Morgan fingerprint density at radius 2 is 2.37 bits per heavy atom. The maximum absolute atomic E-state index is 5.59. The van der Waals surface area contributed by atoms with Crippen LogP contribution in [0.25, 0.3) is 0 Å². The zero-order chi connectivity index (χ0) is 13.2. The molecule has 4 nitrogen and oxygen atoms in total. The van der Waals surface area contributed by atoms with E-state index in [1.165, 1.54) is 11.1 Å². The summed E-state index contributed by atoms with van der Waals surface area (Å²) in [5, 5.41) is 7.10. The van der Waals surface area contributed by atoms with Crippen molar-refractivity contribution in [2.75, 3.05) is 40.3 Å². The van der Waals surface area contributed by atoms with Crippen molar-refractivity contribution in [2.24, 2.45) is 0 Å². The number of rotatable bonds is 3. The molecule has 2 unspecified atom stereocenters. The topological polar surface area (TPSA) is 36.5 Å². The van der Waals surface area contributed by atoms with Gasteiger partial charge in [-0.2, -0.15) is 0 Å². The highest BCUT2D eigenvalue weighted by atomic mass is 16.5. The standard InChI is InChI=1S/C15H23N3O/c1-16-15(13-10-18(2)7-6-17-13)12-3-4-14-11(9-12)5-8-19-14/h3-4,9,13,15-17H,5-8,10H2,1-2H3. The molecule has 2 N–H and O–H groups in total. The molecule has 3 rings (SSSR count). The number of hydrogen-bond donors (Lipinski definition) is 2. The fourth-order valence-corrected chi connectivity index (χ4v) is 3.16. The lowest BCUT2D eigenvalue weighted by molar-refractivity contribution is 0.210. The van der Waals surface area contributed by atoms with Crippen LogP contribution in [0.3, 0.4) is 0 Å². The fraction of sp³-hybridized carbons (Fsp3) is 0.600. The molecule has 2 heterocycles. The lowest BCUT2D eigenvalue weighted by Crippen LogP contribution is -2.54. The number of likely N-dealkylation sites (N-methyl/N-ethyl adjacent to an activating group) is 2. The molecular formula is C15H23N3O. The minimum Gasteiger partial charge on any atom is -0.493 e. The van der Waals surface area contributed by atoms with E-state index >= 15 is 0 Å². The summed E-state index contributed by atoms with van der Waals surface area (Å²) in [6.07, 6.45) is 1.04. The van der Waals surface area contributed by atoms with E-state index in [4.69, 9.17) is 4.74 Å². The Hall–Kier alpha value is -1.10. The van der Waals surface area contributed by atoms with Crippen molar-refractivity contribution in [1.29, 1.82) is 0 Å². The van der Waals surface area contributed by atoms with Gasteiger partial charge in [0.2, 0.25) is 0 Å².